The van der Waals surface area contributed by atoms with Crippen LogP contribution in [0.5, 0.6) is 0 Å². The predicted molar refractivity (Wildman–Crippen MR) is 58.4 cm³/mol. The van der Waals surface area contributed by atoms with E-state index in [2.05, 4.69) is 10.3 Å². The van der Waals surface area contributed by atoms with Crippen molar-refractivity contribution in [1.82, 2.24) is 10.3 Å². The smallest absolute Gasteiger partial charge is 0.433 e. The molecule has 0 aliphatic rings. The number of hydrogen-bond acceptors (Lipinski definition) is 3. The summed E-state index contributed by atoms with van der Waals surface area (Å²) in [6, 6.07) is 0.519. The Morgan fingerprint density at radius 3 is 2.42 bits per heavy atom. The summed E-state index contributed by atoms with van der Waals surface area (Å²) in [5.74, 6) is -1.99. The lowest BCUT2D eigenvalue weighted by atomic mass is 10.2. The van der Waals surface area contributed by atoms with Crippen LogP contribution in [0, 0.1) is 0 Å². The monoisotopic (exact) mass is 276 g/mol. The maximum absolute atomic E-state index is 12.3. The summed E-state index contributed by atoms with van der Waals surface area (Å²) >= 11 is 0. The van der Waals surface area contributed by atoms with Gasteiger partial charge in [-0.1, -0.05) is 6.92 Å². The van der Waals surface area contributed by atoms with Gasteiger partial charge in [0, 0.05) is 6.20 Å². The van der Waals surface area contributed by atoms with Crippen LogP contribution in [0.2, 0.25) is 0 Å². The van der Waals surface area contributed by atoms with E-state index in [-0.39, 0.29) is 12.0 Å². The van der Waals surface area contributed by atoms with Crippen LogP contribution >= 0.6 is 0 Å². The third-order valence-electron chi connectivity index (χ3n) is 2.33. The third kappa shape index (κ3) is 3.94. The number of carbonyl (C=O) groups excluding carboxylic acids is 1. The summed E-state index contributed by atoms with van der Waals surface area (Å²) in [6.07, 6.45) is -3.66. The molecular formula is C11H11F3N2O3. The van der Waals surface area contributed by atoms with Crippen LogP contribution in [0.15, 0.2) is 18.3 Å². The first-order chi connectivity index (χ1) is 8.75. The molecule has 1 atom stereocenters. The normalized spacial score (nSPS) is 12.8. The van der Waals surface area contributed by atoms with Gasteiger partial charge in [-0.25, -0.2) is 4.79 Å². The highest BCUT2D eigenvalue weighted by molar-refractivity contribution is 5.96. The molecular weight excluding hydrogens is 265 g/mol. The Bertz CT molecular complexity index is 471. The average Bonchev–Trinajstić information content (AvgIpc) is 2.34. The van der Waals surface area contributed by atoms with E-state index in [1.165, 1.54) is 0 Å². The molecule has 0 unspecified atom stereocenters. The number of rotatable bonds is 4. The molecule has 1 rings (SSSR count). The molecule has 1 amide bonds. The van der Waals surface area contributed by atoms with Crippen LogP contribution in [0.25, 0.3) is 0 Å². The minimum Gasteiger partial charge on any atom is -0.480 e. The number of hydrogen-bond donors (Lipinski definition) is 2. The maximum atomic E-state index is 12.3. The Labute approximate surface area is 106 Å². The number of carboxylic acid groups (broad SMARTS) is 1. The van der Waals surface area contributed by atoms with E-state index in [1.807, 2.05) is 0 Å². The van der Waals surface area contributed by atoms with Gasteiger partial charge in [0.05, 0.1) is 5.56 Å². The van der Waals surface area contributed by atoms with Crippen molar-refractivity contribution >= 4 is 11.9 Å². The lowest BCUT2D eigenvalue weighted by Crippen LogP contribution is -2.40. The second-order valence-electron chi connectivity index (χ2n) is 3.70. The Hall–Kier alpha value is -2.12. The lowest BCUT2D eigenvalue weighted by molar-refractivity contribution is -0.141. The van der Waals surface area contributed by atoms with Crippen molar-refractivity contribution in [2.75, 3.05) is 0 Å². The molecule has 0 fully saturated rings. The Morgan fingerprint density at radius 1 is 1.42 bits per heavy atom. The van der Waals surface area contributed by atoms with Gasteiger partial charge in [0.25, 0.3) is 5.91 Å². The van der Waals surface area contributed by atoms with Crippen LogP contribution in [-0.4, -0.2) is 28.0 Å². The van der Waals surface area contributed by atoms with Crippen molar-refractivity contribution in [2.24, 2.45) is 0 Å². The molecule has 2 N–H and O–H groups in total. The highest BCUT2D eigenvalue weighted by Gasteiger charge is 2.32. The van der Waals surface area contributed by atoms with Gasteiger partial charge in [-0.3, -0.25) is 9.78 Å². The molecule has 0 aliphatic carbocycles. The summed E-state index contributed by atoms with van der Waals surface area (Å²) in [5, 5.41) is 10.9. The Balaban J connectivity index is 2.81. The SMILES string of the molecule is CC[C@H](NC(=O)c1ccc(C(F)(F)F)nc1)C(=O)O. The van der Waals surface area contributed by atoms with E-state index >= 15 is 0 Å². The van der Waals surface area contributed by atoms with Crippen molar-refractivity contribution in [3.05, 3.63) is 29.6 Å². The van der Waals surface area contributed by atoms with Crippen LogP contribution < -0.4 is 5.32 Å². The zero-order chi connectivity index (χ0) is 14.6. The quantitative estimate of drug-likeness (QED) is 0.877. The zero-order valence-corrected chi connectivity index (χ0v) is 9.86. The molecule has 0 saturated heterocycles. The minimum absolute atomic E-state index is 0.132. The molecule has 5 nitrogen and oxygen atoms in total. The molecule has 19 heavy (non-hydrogen) atoms. The van der Waals surface area contributed by atoms with E-state index in [0.717, 1.165) is 12.3 Å². The van der Waals surface area contributed by atoms with Gasteiger partial charge >= 0.3 is 12.1 Å². The lowest BCUT2D eigenvalue weighted by Gasteiger charge is -2.12. The number of alkyl halides is 3. The summed E-state index contributed by atoms with van der Waals surface area (Å²) in [7, 11) is 0. The number of halogens is 3. The predicted octanol–water partition coefficient (Wildman–Crippen LogP) is 1.69. The van der Waals surface area contributed by atoms with Crippen molar-refractivity contribution in [3.8, 4) is 0 Å². The second-order valence-corrected chi connectivity index (χ2v) is 3.70. The second kappa shape index (κ2) is 5.68. The number of nitrogens with one attached hydrogen (secondary N) is 1. The van der Waals surface area contributed by atoms with Crippen LogP contribution in [0.4, 0.5) is 13.2 Å². The van der Waals surface area contributed by atoms with Crippen molar-refractivity contribution < 1.29 is 27.9 Å². The molecule has 1 heterocycles. The minimum atomic E-state index is -4.58. The molecule has 104 valence electrons. The molecule has 1 aromatic rings. The van der Waals surface area contributed by atoms with E-state index in [4.69, 9.17) is 5.11 Å². The van der Waals surface area contributed by atoms with Gasteiger partial charge in [0.1, 0.15) is 11.7 Å². The first-order valence-corrected chi connectivity index (χ1v) is 5.32. The molecule has 8 heteroatoms. The standard InChI is InChI=1S/C11H11F3N2O3/c1-2-7(10(18)19)16-9(17)6-3-4-8(15-5-6)11(12,13)14/h3-5,7H,2H2,1H3,(H,16,17)(H,18,19)/t7-/m0/s1. The molecule has 0 bridgehead atoms. The van der Waals surface area contributed by atoms with E-state index in [1.54, 1.807) is 6.92 Å². The van der Waals surface area contributed by atoms with Crippen LogP contribution in [0.1, 0.15) is 29.4 Å². The van der Waals surface area contributed by atoms with Crippen molar-refractivity contribution in [3.63, 3.8) is 0 Å². The number of amides is 1. The van der Waals surface area contributed by atoms with Gasteiger partial charge in [-0.2, -0.15) is 13.2 Å². The van der Waals surface area contributed by atoms with Crippen LogP contribution in [0.3, 0.4) is 0 Å². The van der Waals surface area contributed by atoms with E-state index < -0.39 is 29.8 Å². The number of nitrogens with zero attached hydrogens (tertiary/aromatic N) is 1. The summed E-state index contributed by atoms with van der Waals surface area (Å²) in [4.78, 5) is 25.4. The molecule has 0 radical (unpaired) electrons. The average molecular weight is 276 g/mol. The largest absolute Gasteiger partial charge is 0.480 e. The number of aromatic nitrogens is 1. The third-order valence-corrected chi connectivity index (χ3v) is 2.33. The number of pyridine rings is 1. The van der Waals surface area contributed by atoms with Crippen molar-refractivity contribution in [1.29, 1.82) is 0 Å². The topological polar surface area (TPSA) is 79.3 Å². The first kappa shape index (κ1) is 14.9. The highest BCUT2D eigenvalue weighted by atomic mass is 19.4. The summed E-state index contributed by atoms with van der Waals surface area (Å²) in [6.45, 7) is 1.56. The molecule has 0 saturated carbocycles. The summed E-state index contributed by atoms with van der Waals surface area (Å²) in [5.41, 5.74) is -1.25. The summed E-state index contributed by atoms with van der Waals surface area (Å²) < 4.78 is 36.8. The zero-order valence-electron chi connectivity index (χ0n) is 9.86. The highest BCUT2D eigenvalue weighted by Crippen LogP contribution is 2.27. The number of aliphatic carboxylic acids is 1. The van der Waals surface area contributed by atoms with Gasteiger partial charge in [0.2, 0.25) is 0 Å². The Morgan fingerprint density at radius 2 is 2.05 bits per heavy atom. The van der Waals surface area contributed by atoms with Gasteiger partial charge < -0.3 is 10.4 Å². The molecule has 0 spiro atoms. The van der Waals surface area contributed by atoms with E-state index in [0.29, 0.717) is 6.07 Å². The molecule has 1 aromatic heterocycles. The fraction of sp³-hybridized carbons (Fsp3) is 0.364. The first-order valence-electron chi connectivity index (χ1n) is 5.32. The fourth-order valence-electron chi connectivity index (χ4n) is 1.28. The van der Waals surface area contributed by atoms with Crippen LogP contribution in [-0.2, 0) is 11.0 Å². The van der Waals surface area contributed by atoms with Crippen molar-refractivity contribution in [2.45, 2.75) is 25.6 Å². The molecule has 0 aliphatic heterocycles. The number of carboxylic acids is 1. The molecule has 0 aromatic carbocycles. The maximum Gasteiger partial charge on any atom is 0.433 e. The fourth-order valence-corrected chi connectivity index (χ4v) is 1.28. The van der Waals surface area contributed by atoms with Gasteiger partial charge in [-0.15, -0.1) is 0 Å². The van der Waals surface area contributed by atoms with Gasteiger partial charge in [0.15, 0.2) is 0 Å². The van der Waals surface area contributed by atoms with Gasteiger partial charge in [-0.05, 0) is 18.6 Å². The van der Waals surface area contributed by atoms with E-state index in [9.17, 15) is 22.8 Å². The number of carbonyl (C=O) groups is 2. The Kier molecular flexibility index (Phi) is 4.47.